The maximum atomic E-state index is 13.3. The summed E-state index contributed by atoms with van der Waals surface area (Å²) in [6, 6.07) is 14.9. The van der Waals surface area contributed by atoms with Gasteiger partial charge in [0.2, 0.25) is 5.91 Å². The number of nitrogens with zero attached hydrogens (tertiary/aromatic N) is 1. The third kappa shape index (κ3) is 2.80. The highest BCUT2D eigenvalue weighted by molar-refractivity contribution is 5.90. The zero-order valence-electron chi connectivity index (χ0n) is 14.1. The monoisotopic (exact) mass is 323 g/mol. The largest absolute Gasteiger partial charge is 0.339 e. The Labute approximate surface area is 143 Å². The molecule has 1 amide bonds. The Balaban J connectivity index is 1.66. The molecule has 2 N–H and O–H groups in total. The van der Waals surface area contributed by atoms with Gasteiger partial charge in [-0.25, -0.2) is 0 Å². The average molecular weight is 323 g/mol. The van der Waals surface area contributed by atoms with Crippen molar-refractivity contribution < 1.29 is 4.79 Å². The van der Waals surface area contributed by atoms with Crippen molar-refractivity contribution in [1.82, 2.24) is 15.5 Å². The second-order valence-electron chi connectivity index (χ2n) is 6.97. The van der Waals surface area contributed by atoms with Gasteiger partial charge in [0.05, 0.1) is 0 Å². The van der Waals surface area contributed by atoms with Crippen molar-refractivity contribution in [2.45, 2.75) is 24.8 Å². The average Bonchev–Trinajstić information content (AvgIpc) is 3.12. The molecule has 2 aromatic carbocycles. The van der Waals surface area contributed by atoms with E-state index in [0.717, 1.165) is 52.0 Å². The number of hydrogen-bond acceptors (Lipinski definition) is 3. The summed E-state index contributed by atoms with van der Waals surface area (Å²) in [6.45, 7) is 4.37. The van der Waals surface area contributed by atoms with E-state index in [2.05, 4.69) is 53.1 Å². The van der Waals surface area contributed by atoms with Crippen molar-refractivity contribution in [3.63, 3.8) is 0 Å². The number of nitrogens with one attached hydrogen (secondary N) is 2. The summed E-state index contributed by atoms with van der Waals surface area (Å²) < 4.78 is 0. The third-order valence-corrected chi connectivity index (χ3v) is 5.43. The Kier molecular flexibility index (Phi) is 4.25. The van der Waals surface area contributed by atoms with E-state index >= 15 is 0 Å². The molecular weight excluding hydrogens is 298 g/mol. The minimum atomic E-state index is -0.429. The predicted octanol–water partition coefficient (Wildman–Crippen LogP) is 1.94. The maximum absolute atomic E-state index is 13.3. The lowest BCUT2D eigenvalue weighted by molar-refractivity contribution is -0.138. The molecule has 0 aromatic heterocycles. The lowest BCUT2D eigenvalue weighted by Gasteiger charge is -2.37. The molecule has 4 heteroatoms. The first-order valence-corrected chi connectivity index (χ1v) is 9.00. The Hall–Kier alpha value is -1.91. The van der Waals surface area contributed by atoms with Gasteiger partial charge in [-0.05, 0) is 35.7 Å². The van der Waals surface area contributed by atoms with Crippen molar-refractivity contribution in [3.8, 4) is 0 Å². The first kappa shape index (κ1) is 15.6. The molecule has 126 valence electrons. The smallest absolute Gasteiger partial charge is 0.243 e. The summed E-state index contributed by atoms with van der Waals surface area (Å²) in [6.07, 6.45) is 2.78. The number of hydrogen-bond donors (Lipinski definition) is 2. The molecule has 2 heterocycles. The SMILES string of the molecule is O=C(N1CCNCC1)[C@]1(Cc2cccc3ccccc23)CCCN1. The summed E-state index contributed by atoms with van der Waals surface area (Å²) in [5.74, 6) is 0.287. The zero-order chi connectivity index (χ0) is 16.4. The molecule has 0 saturated carbocycles. The lowest BCUT2D eigenvalue weighted by atomic mass is 9.85. The summed E-state index contributed by atoms with van der Waals surface area (Å²) in [4.78, 5) is 15.3. The topological polar surface area (TPSA) is 44.4 Å². The number of rotatable bonds is 3. The molecule has 2 aliphatic rings. The van der Waals surface area contributed by atoms with E-state index in [1.54, 1.807) is 0 Å². The van der Waals surface area contributed by atoms with E-state index in [1.807, 2.05) is 4.90 Å². The first-order chi connectivity index (χ1) is 11.8. The minimum Gasteiger partial charge on any atom is -0.339 e. The summed E-state index contributed by atoms with van der Waals surface area (Å²) >= 11 is 0. The number of piperazine rings is 1. The van der Waals surface area contributed by atoms with Crippen LogP contribution in [0.1, 0.15) is 18.4 Å². The van der Waals surface area contributed by atoms with E-state index in [1.165, 1.54) is 16.3 Å². The highest BCUT2D eigenvalue weighted by Crippen LogP contribution is 2.30. The molecule has 2 aliphatic heterocycles. The van der Waals surface area contributed by atoms with Crippen LogP contribution in [0.5, 0.6) is 0 Å². The van der Waals surface area contributed by atoms with E-state index in [0.29, 0.717) is 0 Å². The van der Waals surface area contributed by atoms with E-state index in [-0.39, 0.29) is 5.91 Å². The van der Waals surface area contributed by atoms with Crippen LogP contribution >= 0.6 is 0 Å². The van der Waals surface area contributed by atoms with Crippen LogP contribution in [0.4, 0.5) is 0 Å². The van der Waals surface area contributed by atoms with Crippen LogP contribution in [0.15, 0.2) is 42.5 Å². The molecule has 0 radical (unpaired) electrons. The third-order valence-electron chi connectivity index (χ3n) is 5.43. The molecule has 2 saturated heterocycles. The quantitative estimate of drug-likeness (QED) is 0.907. The summed E-state index contributed by atoms with van der Waals surface area (Å²) in [5.41, 5.74) is 0.840. The Morgan fingerprint density at radius 2 is 1.83 bits per heavy atom. The van der Waals surface area contributed by atoms with Gasteiger partial charge < -0.3 is 15.5 Å². The molecule has 24 heavy (non-hydrogen) atoms. The first-order valence-electron chi connectivity index (χ1n) is 9.00. The normalized spacial score (nSPS) is 24.4. The fourth-order valence-electron chi connectivity index (χ4n) is 4.16. The van der Waals surface area contributed by atoms with Crippen LogP contribution in [-0.4, -0.2) is 49.1 Å². The van der Waals surface area contributed by atoms with Gasteiger partial charge in [-0.15, -0.1) is 0 Å². The van der Waals surface area contributed by atoms with Gasteiger partial charge in [0.1, 0.15) is 5.54 Å². The van der Waals surface area contributed by atoms with Crippen LogP contribution < -0.4 is 10.6 Å². The van der Waals surface area contributed by atoms with Gasteiger partial charge in [-0.2, -0.15) is 0 Å². The van der Waals surface area contributed by atoms with Gasteiger partial charge in [0.25, 0.3) is 0 Å². The molecule has 2 aromatic rings. The van der Waals surface area contributed by atoms with E-state index < -0.39 is 5.54 Å². The van der Waals surface area contributed by atoms with Crippen molar-refractivity contribution in [3.05, 3.63) is 48.0 Å². The molecule has 0 aliphatic carbocycles. The van der Waals surface area contributed by atoms with Crippen molar-refractivity contribution >= 4 is 16.7 Å². The van der Waals surface area contributed by atoms with Gasteiger partial charge in [0.15, 0.2) is 0 Å². The van der Waals surface area contributed by atoms with Crippen molar-refractivity contribution in [1.29, 1.82) is 0 Å². The number of amides is 1. The Morgan fingerprint density at radius 3 is 2.62 bits per heavy atom. The molecule has 0 bridgehead atoms. The molecule has 0 spiro atoms. The second kappa shape index (κ2) is 6.54. The Morgan fingerprint density at radius 1 is 1.04 bits per heavy atom. The molecule has 0 unspecified atom stereocenters. The van der Waals surface area contributed by atoms with Crippen molar-refractivity contribution in [2.75, 3.05) is 32.7 Å². The predicted molar refractivity (Wildman–Crippen MR) is 97.1 cm³/mol. The lowest BCUT2D eigenvalue weighted by Crippen LogP contribution is -2.59. The number of carbonyl (C=O) groups excluding carboxylic acids is 1. The fraction of sp³-hybridized carbons (Fsp3) is 0.450. The van der Waals surface area contributed by atoms with Crippen LogP contribution in [0.2, 0.25) is 0 Å². The van der Waals surface area contributed by atoms with Crippen LogP contribution in [0.3, 0.4) is 0 Å². The highest BCUT2D eigenvalue weighted by Gasteiger charge is 2.43. The summed E-state index contributed by atoms with van der Waals surface area (Å²) in [7, 11) is 0. The van der Waals surface area contributed by atoms with Gasteiger partial charge in [0, 0.05) is 32.6 Å². The van der Waals surface area contributed by atoms with Gasteiger partial charge in [-0.1, -0.05) is 42.5 Å². The molecule has 4 rings (SSSR count). The molecule has 4 nitrogen and oxygen atoms in total. The minimum absolute atomic E-state index is 0.287. The number of carbonyl (C=O) groups is 1. The van der Waals surface area contributed by atoms with Crippen LogP contribution in [0.25, 0.3) is 10.8 Å². The fourth-order valence-corrected chi connectivity index (χ4v) is 4.16. The van der Waals surface area contributed by atoms with E-state index in [4.69, 9.17) is 0 Å². The summed E-state index contributed by atoms with van der Waals surface area (Å²) in [5, 5.41) is 9.41. The molecular formula is C20H25N3O. The second-order valence-corrected chi connectivity index (χ2v) is 6.97. The van der Waals surface area contributed by atoms with Gasteiger partial charge >= 0.3 is 0 Å². The maximum Gasteiger partial charge on any atom is 0.243 e. The highest BCUT2D eigenvalue weighted by atomic mass is 16.2. The Bertz CT molecular complexity index is 725. The number of benzene rings is 2. The molecule has 2 fully saturated rings. The standard InChI is InChI=1S/C20H25N3O/c24-19(23-13-11-21-12-14-23)20(9-4-10-22-20)15-17-7-3-6-16-5-1-2-8-18(16)17/h1-3,5-8,21-22H,4,9-15H2/t20-/m1/s1. The van der Waals surface area contributed by atoms with Crippen molar-refractivity contribution in [2.24, 2.45) is 0 Å². The van der Waals surface area contributed by atoms with Crippen LogP contribution in [0, 0.1) is 0 Å². The molecule has 1 atom stereocenters. The van der Waals surface area contributed by atoms with E-state index in [9.17, 15) is 4.79 Å². The van der Waals surface area contributed by atoms with Crippen LogP contribution in [-0.2, 0) is 11.2 Å². The zero-order valence-corrected chi connectivity index (χ0v) is 14.1. The van der Waals surface area contributed by atoms with Gasteiger partial charge in [-0.3, -0.25) is 4.79 Å². The number of fused-ring (bicyclic) bond motifs is 1.